The average molecular weight is 265 g/mol. The van der Waals surface area contributed by atoms with E-state index in [4.69, 9.17) is 4.74 Å². The van der Waals surface area contributed by atoms with Crippen LogP contribution in [0.4, 0.5) is 4.39 Å². The summed E-state index contributed by atoms with van der Waals surface area (Å²) in [6.45, 7) is 3.87. The minimum Gasteiger partial charge on any atom is -0.369 e. The van der Waals surface area contributed by atoms with Crippen molar-refractivity contribution in [3.8, 4) is 0 Å². The molecular weight excluding hydrogens is 241 g/mol. The smallest absolute Gasteiger partial charge is 0.123 e. The predicted molar refractivity (Wildman–Crippen MR) is 75.6 cm³/mol. The largest absolute Gasteiger partial charge is 0.369 e. The molecule has 19 heavy (non-hydrogen) atoms. The lowest BCUT2D eigenvalue weighted by Gasteiger charge is -2.23. The molecule has 1 aromatic carbocycles. The Morgan fingerprint density at radius 3 is 2.84 bits per heavy atom. The molecule has 1 fully saturated rings. The highest BCUT2D eigenvalue weighted by molar-refractivity contribution is 5.19. The molecule has 3 heteroatoms. The highest BCUT2D eigenvalue weighted by Gasteiger charge is 2.21. The van der Waals surface area contributed by atoms with E-state index in [1.165, 1.54) is 18.9 Å². The Balaban J connectivity index is 1.99. The Morgan fingerprint density at radius 1 is 1.37 bits per heavy atom. The Labute approximate surface area is 115 Å². The molecule has 1 atom stereocenters. The summed E-state index contributed by atoms with van der Waals surface area (Å²) in [5, 5.41) is 3.38. The number of rotatable bonds is 7. The Morgan fingerprint density at radius 2 is 2.16 bits per heavy atom. The molecule has 0 spiro atoms. The van der Waals surface area contributed by atoms with Gasteiger partial charge in [-0.15, -0.1) is 0 Å². The van der Waals surface area contributed by atoms with Gasteiger partial charge in [-0.1, -0.05) is 31.9 Å². The van der Waals surface area contributed by atoms with Crippen LogP contribution in [0.2, 0.25) is 0 Å². The van der Waals surface area contributed by atoms with E-state index >= 15 is 0 Å². The van der Waals surface area contributed by atoms with Crippen LogP contribution in [-0.4, -0.2) is 19.2 Å². The van der Waals surface area contributed by atoms with Gasteiger partial charge in [-0.2, -0.15) is 0 Å². The third kappa shape index (κ3) is 4.59. The molecule has 0 aliphatic heterocycles. The molecule has 0 amide bonds. The molecule has 1 unspecified atom stereocenters. The SMILES string of the molecule is CCCNCC(OC1CCCC1)c1cccc(F)c1. The molecule has 106 valence electrons. The number of ether oxygens (including phenoxy) is 1. The van der Waals surface area contributed by atoms with Crippen molar-refractivity contribution >= 4 is 0 Å². The van der Waals surface area contributed by atoms with Crippen LogP contribution in [-0.2, 0) is 4.74 Å². The van der Waals surface area contributed by atoms with E-state index in [0.717, 1.165) is 37.9 Å². The molecule has 0 heterocycles. The van der Waals surface area contributed by atoms with Crippen LogP contribution in [0.15, 0.2) is 24.3 Å². The van der Waals surface area contributed by atoms with Gasteiger partial charge in [0.2, 0.25) is 0 Å². The van der Waals surface area contributed by atoms with Crippen molar-refractivity contribution in [2.45, 2.75) is 51.2 Å². The van der Waals surface area contributed by atoms with E-state index in [1.54, 1.807) is 12.1 Å². The molecule has 0 bridgehead atoms. The standard InChI is InChI=1S/C16H24FNO/c1-2-10-18-12-16(19-15-8-3-4-9-15)13-6-5-7-14(17)11-13/h5-7,11,15-16,18H,2-4,8-10,12H2,1H3. The van der Waals surface area contributed by atoms with Crippen LogP contribution in [0.3, 0.4) is 0 Å². The fourth-order valence-corrected chi connectivity index (χ4v) is 2.62. The van der Waals surface area contributed by atoms with E-state index in [2.05, 4.69) is 12.2 Å². The number of halogens is 1. The number of nitrogens with one attached hydrogen (secondary N) is 1. The van der Waals surface area contributed by atoms with Gasteiger partial charge in [0.25, 0.3) is 0 Å². The third-order valence-electron chi connectivity index (χ3n) is 3.64. The normalized spacial score (nSPS) is 17.8. The first kappa shape index (κ1) is 14.5. The van der Waals surface area contributed by atoms with E-state index in [9.17, 15) is 4.39 Å². The third-order valence-corrected chi connectivity index (χ3v) is 3.64. The van der Waals surface area contributed by atoms with E-state index in [-0.39, 0.29) is 11.9 Å². The van der Waals surface area contributed by atoms with Gasteiger partial charge in [-0.3, -0.25) is 0 Å². The lowest BCUT2D eigenvalue weighted by atomic mass is 10.1. The number of hydrogen-bond donors (Lipinski definition) is 1. The maximum atomic E-state index is 13.4. The summed E-state index contributed by atoms with van der Waals surface area (Å²) in [5.41, 5.74) is 0.940. The quantitative estimate of drug-likeness (QED) is 0.757. The molecule has 1 aliphatic carbocycles. The predicted octanol–water partition coefficient (Wildman–Crippen LogP) is 3.83. The van der Waals surface area contributed by atoms with Gasteiger partial charge < -0.3 is 10.1 Å². The molecule has 2 nitrogen and oxygen atoms in total. The Hall–Kier alpha value is -0.930. The molecular formula is C16H24FNO. The summed E-state index contributed by atoms with van der Waals surface area (Å²) in [7, 11) is 0. The van der Waals surface area contributed by atoms with Gasteiger partial charge in [0, 0.05) is 6.54 Å². The molecule has 1 saturated carbocycles. The zero-order valence-electron chi connectivity index (χ0n) is 11.7. The second kappa shape index (κ2) is 7.61. The fourth-order valence-electron chi connectivity index (χ4n) is 2.62. The second-order valence-electron chi connectivity index (χ2n) is 5.29. The molecule has 1 N–H and O–H groups in total. The van der Waals surface area contributed by atoms with Gasteiger partial charge in [0.05, 0.1) is 12.2 Å². The zero-order valence-corrected chi connectivity index (χ0v) is 11.7. The topological polar surface area (TPSA) is 21.3 Å². The van der Waals surface area contributed by atoms with Crippen molar-refractivity contribution < 1.29 is 9.13 Å². The van der Waals surface area contributed by atoms with E-state index in [1.807, 2.05) is 6.07 Å². The first-order chi connectivity index (χ1) is 9.29. The summed E-state index contributed by atoms with van der Waals surface area (Å²) >= 11 is 0. The molecule has 2 rings (SSSR count). The fraction of sp³-hybridized carbons (Fsp3) is 0.625. The van der Waals surface area contributed by atoms with Crippen molar-refractivity contribution in [1.82, 2.24) is 5.32 Å². The van der Waals surface area contributed by atoms with Gasteiger partial charge in [-0.25, -0.2) is 4.39 Å². The van der Waals surface area contributed by atoms with Gasteiger partial charge in [0.1, 0.15) is 5.82 Å². The van der Waals surface area contributed by atoms with Crippen LogP contribution < -0.4 is 5.32 Å². The lowest BCUT2D eigenvalue weighted by Crippen LogP contribution is -2.26. The van der Waals surface area contributed by atoms with E-state index in [0.29, 0.717) is 6.10 Å². The molecule has 0 saturated heterocycles. The second-order valence-corrected chi connectivity index (χ2v) is 5.29. The van der Waals surface area contributed by atoms with Crippen LogP contribution in [0.5, 0.6) is 0 Å². The van der Waals surface area contributed by atoms with Gasteiger partial charge >= 0.3 is 0 Å². The highest BCUT2D eigenvalue weighted by Crippen LogP contribution is 2.27. The summed E-state index contributed by atoms with van der Waals surface area (Å²) in [4.78, 5) is 0. The highest BCUT2D eigenvalue weighted by atomic mass is 19.1. The maximum absolute atomic E-state index is 13.4. The number of benzene rings is 1. The molecule has 1 aromatic rings. The molecule has 1 aliphatic rings. The summed E-state index contributed by atoms with van der Waals surface area (Å²) < 4.78 is 19.5. The average Bonchev–Trinajstić information content (AvgIpc) is 2.91. The summed E-state index contributed by atoms with van der Waals surface area (Å²) in [6, 6.07) is 6.79. The molecule has 0 radical (unpaired) electrons. The van der Waals surface area contributed by atoms with Gasteiger partial charge in [0.15, 0.2) is 0 Å². The van der Waals surface area contributed by atoms with Crippen molar-refractivity contribution in [2.24, 2.45) is 0 Å². The first-order valence-corrected chi connectivity index (χ1v) is 7.41. The zero-order chi connectivity index (χ0) is 13.5. The van der Waals surface area contributed by atoms with Crippen LogP contribution in [0, 0.1) is 5.82 Å². The van der Waals surface area contributed by atoms with Crippen molar-refractivity contribution in [3.05, 3.63) is 35.6 Å². The van der Waals surface area contributed by atoms with Crippen molar-refractivity contribution in [2.75, 3.05) is 13.1 Å². The summed E-state index contributed by atoms with van der Waals surface area (Å²) in [6.07, 6.45) is 6.19. The number of hydrogen-bond acceptors (Lipinski definition) is 2. The maximum Gasteiger partial charge on any atom is 0.123 e. The van der Waals surface area contributed by atoms with E-state index < -0.39 is 0 Å². The van der Waals surface area contributed by atoms with Crippen LogP contribution >= 0.6 is 0 Å². The van der Waals surface area contributed by atoms with Crippen molar-refractivity contribution in [1.29, 1.82) is 0 Å². The van der Waals surface area contributed by atoms with Crippen LogP contribution in [0.25, 0.3) is 0 Å². The Kier molecular flexibility index (Phi) is 5.80. The van der Waals surface area contributed by atoms with Crippen LogP contribution in [0.1, 0.15) is 50.7 Å². The summed E-state index contributed by atoms with van der Waals surface area (Å²) in [5.74, 6) is -0.187. The first-order valence-electron chi connectivity index (χ1n) is 7.41. The van der Waals surface area contributed by atoms with Crippen molar-refractivity contribution in [3.63, 3.8) is 0 Å². The minimum atomic E-state index is -0.187. The van der Waals surface area contributed by atoms with Gasteiger partial charge in [-0.05, 0) is 43.5 Å². The monoisotopic (exact) mass is 265 g/mol. The lowest BCUT2D eigenvalue weighted by molar-refractivity contribution is -0.00878. The Bertz CT molecular complexity index is 377. The molecule has 0 aromatic heterocycles. The minimum absolute atomic E-state index is 0.0367.